The van der Waals surface area contributed by atoms with E-state index in [0.717, 1.165) is 18.9 Å². The van der Waals surface area contributed by atoms with E-state index in [2.05, 4.69) is 24.3 Å². The molecule has 4 heteroatoms. The van der Waals surface area contributed by atoms with Crippen molar-refractivity contribution in [3.63, 3.8) is 0 Å². The van der Waals surface area contributed by atoms with Crippen molar-refractivity contribution in [2.24, 2.45) is 0 Å². The van der Waals surface area contributed by atoms with Crippen LogP contribution in [0.3, 0.4) is 0 Å². The molecule has 0 bridgehead atoms. The normalized spacial score (nSPS) is 10.9. The number of halogens is 3. The number of hydrogen-bond acceptors (Lipinski definition) is 0. The average molecular weight is 405 g/mol. The fourth-order valence-corrected chi connectivity index (χ4v) is 8.26. The van der Waals surface area contributed by atoms with Gasteiger partial charge >= 0.3 is 129 Å². The Morgan fingerprint density at radius 3 is 1.33 bits per heavy atom. The van der Waals surface area contributed by atoms with Gasteiger partial charge in [-0.2, -0.15) is 0 Å². The van der Waals surface area contributed by atoms with E-state index in [1.807, 2.05) is 24.3 Å². The van der Waals surface area contributed by atoms with Gasteiger partial charge in [-0.1, -0.05) is 0 Å². The quantitative estimate of drug-likeness (QED) is 0.622. The molecule has 0 aliphatic rings. The van der Waals surface area contributed by atoms with E-state index in [1.165, 1.54) is 11.1 Å². The van der Waals surface area contributed by atoms with Crippen LogP contribution in [0.15, 0.2) is 48.5 Å². The van der Waals surface area contributed by atoms with E-state index < -0.39 is 18.6 Å². The number of rotatable bonds is 4. The van der Waals surface area contributed by atoms with Crippen LogP contribution in [0.25, 0.3) is 0 Å². The predicted molar refractivity (Wildman–Crippen MR) is 81.9 cm³/mol. The SMILES string of the molecule is Clc1ccc([CH2][Sn]([Cl])[CH2]c2ccc(Cl)cc2)cc1. The summed E-state index contributed by atoms with van der Waals surface area (Å²) in [7, 11) is 6.56. The predicted octanol–water partition coefficient (Wildman–Crippen LogP) is 5.09. The summed E-state index contributed by atoms with van der Waals surface area (Å²) in [6.07, 6.45) is 0. The van der Waals surface area contributed by atoms with E-state index in [4.69, 9.17) is 32.1 Å². The molecular formula is C14H12Cl3Sn. The van der Waals surface area contributed by atoms with Crippen LogP contribution in [0.5, 0.6) is 0 Å². The molecular weight excluding hydrogens is 393 g/mol. The van der Waals surface area contributed by atoms with E-state index in [9.17, 15) is 0 Å². The first kappa shape index (κ1) is 14.5. The van der Waals surface area contributed by atoms with Crippen molar-refractivity contribution < 1.29 is 0 Å². The first-order valence-electron chi connectivity index (χ1n) is 5.62. The summed E-state index contributed by atoms with van der Waals surface area (Å²) in [5.41, 5.74) is 2.58. The zero-order chi connectivity index (χ0) is 13.0. The zero-order valence-corrected chi connectivity index (χ0v) is 14.8. The van der Waals surface area contributed by atoms with Gasteiger partial charge in [-0.15, -0.1) is 0 Å². The van der Waals surface area contributed by atoms with Crippen LogP contribution < -0.4 is 0 Å². The zero-order valence-electron chi connectivity index (χ0n) is 9.67. The Morgan fingerprint density at radius 2 is 1.00 bits per heavy atom. The van der Waals surface area contributed by atoms with E-state index in [-0.39, 0.29) is 0 Å². The third kappa shape index (κ3) is 4.65. The molecule has 2 rings (SSSR count). The van der Waals surface area contributed by atoms with Gasteiger partial charge in [-0.3, -0.25) is 0 Å². The average Bonchev–Trinajstić information content (AvgIpc) is 2.35. The van der Waals surface area contributed by atoms with Crippen LogP contribution in [-0.4, -0.2) is 18.6 Å². The van der Waals surface area contributed by atoms with Gasteiger partial charge in [-0.05, 0) is 0 Å². The van der Waals surface area contributed by atoms with Crippen LogP contribution >= 0.6 is 32.1 Å². The molecule has 18 heavy (non-hydrogen) atoms. The Bertz CT molecular complexity index is 446. The molecule has 0 aromatic heterocycles. The summed E-state index contributed by atoms with van der Waals surface area (Å²) in [5.74, 6) is 0. The second-order valence-corrected chi connectivity index (χ2v) is 13.6. The molecule has 0 atom stereocenters. The minimum atomic E-state index is -1.87. The summed E-state index contributed by atoms with van der Waals surface area (Å²) in [6.45, 7) is 0. The summed E-state index contributed by atoms with van der Waals surface area (Å²) >= 11 is 9.85. The summed E-state index contributed by atoms with van der Waals surface area (Å²) < 4.78 is 2.06. The molecule has 0 saturated carbocycles. The van der Waals surface area contributed by atoms with Crippen molar-refractivity contribution in [1.29, 1.82) is 0 Å². The molecule has 0 nitrogen and oxygen atoms in total. The molecule has 1 radical (unpaired) electrons. The van der Waals surface area contributed by atoms with E-state index in [0.29, 0.717) is 0 Å². The van der Waals surface area contributed by atoms with Crippen LogP contribution in [0.2, 0.25) is 10.0 Å². The van der Waals surface area contributed by atoms with Gasteiger partial charge in [0.1, 0.15) is 0 Å². The Kier molecular flexibility index (Phi) is 5.68. The first-order valence-corrected chi connectivity index (χ1v) is 14.0. The number of hydrogen-bond donors (Lipinski definition) is 0. The van der Waals surface area contributed by atoms with Crippen molar-refractivity contribution in [3.8, 4) is 0 Å². The standard InChI is InChI=1S/2C7H6Cl.ClH.Sn/c2*1-6-2-4-7(8)5-3-6;;/h2*2-5H,1H2;1H;/q;;;+1/p-1. The molecule has 0 aliphatic carbocycles. The molecule has 0 saturated heterocycles. The summed E-state index contributed by atoms with van der Waals surface area (Å²) in [6, 6.07) is 15.9. The molecule has 93 valence electrons. The van der Waals surface area contributed by atoms with Gasteiger partial charge in [0.25, 0.3) is 0 Å². The topological polar surface area (TPSA) is 0 Å². The fourth-order valence-electron chi connectivity index (χ4n) is 1.71. The molecule has 0 unspecified atom stereocenters. The van der Waals surface area contributed by atoms with Crippen molar-refractivity contribution >= 4 is 50.8 Å². The second-order valence-electron chi connectivity index (χ2n) is 4.12. The maximum atomic E-state index is 6.56. The molecule has 2 aromatic rings. The van der Waals surface area contributed by atoms with Gasteiger partial charge in [0.05, 0.1) is 0 Å². The van der Waals surface area contributed by atoms with Crippen LogP contribution in [0.1, 0.15) is 11.1 Å². The van der Waals surface area contributed by atoms with Crippen molar-refractivity contribution in [2.75, 3.05) is 0 Å². The van der Waals surface area contributed by atoms with Gasteiger partial charge in [0.15, 0.2) is 0 Å². The Hall–Kier alpha value is 0.109. The number of benzene rings is 2. The summed E-state index contributed by atoms with van der Waals surface area (Å²) in [4.78, 5) is 0. The minimum absolute atomic E-state index is 0.774. The first-order chi connectivity index (χ1) is 8.63. The van der Waals surface area contributed by atoms with Crippen molar-refractivity contribution in [2.45, 2.75) is 8.87 Å². The second kappa shape index (κ2) is 7.04. The van der Waals surface area contributed by atoms with Crippen molar-refractivity contribution in [1.82, 2.24) is 0 Å². The van der Waals surface area contributed by atoms with Crippen LogP contribution in [0, 0.1) is 0 Å². The molecule has 0 spiro atoms. The van der Waals surface area contributed by atoms with Crippen molar-refractivity contribution in [3.05, 3.63) is 69.7 Å². The third-order valence-corrected chi connectivity index (χ3v) is 9.44. The van der Waals surface area contributed by atoms with Crippen LogP contribution in [-0.2, 0) is 8.87 Å². The molecule has 2 aromatic carbocycles. The monoisotopic (exact) mass is 405 g/mol. The van der Waals surface area contributed by atoms with Gasteiger partial charge in [0.2, 0.25) is 0 Å². The molecule has 0 amide bonds. The maximum absolute atomic E-state index is 6.56. The Morgan fingerprint density at radius 1 is 0.667 bits per heavy atom. The fraction of sp³-hybridized carbons (Fsp3) is 0.143. The van der Waals surface area contributed by atoms with E-state index >= 15 is 0 Å². The third-order valence-electron chi connectivity index (χ3n) is 2.62. The Balaban J connectivity index is 1.94. The van der Waals surface area contributed by atoms with Gasteiger partial charge in [0, 0.05) is 0 Å². The Labute approximate surface area is 128 Å². The van der Waals surface area contributed by atoms with Crippen LogP contribution in [0.4, 0.5) is 0 Å². The molecule has 0 heterocycles. The van der Waals surface area contributed by atoms with E-state index in [1.54, 1.807) is 0 Å². The summed E-state index contributed by atoms with van der Waals surface area (Å²) in [5, 5.41) is 1.55. The molecule has 0 fully saturated rings. The van der Waals surface area contributed by atoms with Gasteiger partial charge < -0.3 is 0 Å². The van der Waals surface area contributed by atoms with Gasteiger partial charge in [-0.25, -0.2) is 0 Å². The molecule has 0 aliphatic heterocycles. The molecule has 0 N–H and O–H groups in total.